The molecule has 1 aliphatic heterocycles. The molecule has 1 rings (SSSR count). The molecule has 0 spiro atoms. The summed E-state index contributed by atoms with van der Waals surface area (Å²) in [6.07, 6.45) is 11.7. The number of rotatable bonds is 9. The standard InChI is InChI=1S/C16H34N/c1-4-17(14-10-11-15-17)13-9-7-5-6-8-12-16(2)3/h16H,4-15H2,1-3H3/q+1. The van der Waals surface area contributed by atoms with Crippen LogP contribution >= 0.6 is 0 Å². The molecule has 0 aromatic rings. The average Bonchev–Trinajstić information content (AvgIpc) is 2.77. The van der Waals surface area contributed by atoms with Crippen LogP contribution in [-0.4, -0.2) is 30.7 Å². The third kappa shape index (κ3) is 5.90. The first-order valence-corrected chi connectivity index (χ1v) is 8.03. The Bertz CT molecular complexity index is 180. The van der Waals surface area contributed by atoms with Crippen molar-refractivity contribution in [1.82, 2.24) is 0 Å². The molecule has 0 amide bonds. The normalized spacial score (nSPS) is 19.1. The molecule has 1 saturated heterocycles. The van der Waals surface area contributed by atoms with Crippen LogP contribution in [0, 0.1) is 5.92 Å². The molecule has 1 heteroatoms. The zero-order valence-electron chi connectivity index (χ0n) is 12.5. The van der Waals surface area contributed by atoms with Gasteiger partial charge in [-0.1, -0.05) is 39.5 Å². The van der Waals surface area contributed by atoms with Gasteiger partial charge in [0.05, 0.1) is 26.2 Å². The quantitative estimate of drug-likeness (QED) is 0.408. The minimum atomic E-state index is 0.897. The highest BCUT2D eigenvalue weighted by atomic mass is 15.4. The van der Waals surface area contributed by atoms with Gasteiger partial charge in [-0.05, 0) is 25.7 Å². The van der Waals surface area contributed by atoms with Crippen LogP contribution in [0.25, 0.3) is 0 Å². The van der Waals surface area contributed by atoms with Crippen LogP contribution in [0.4, 0.5) is 0 Å². The van der Waals surface area contributed by atoms with Gasteiger partial charge in [-0.25, -0.2) is 0 Å². The Morgan fingerprint density at radius 1 is 0.882 bits per heavy atom. The third-order valence-corrected chi connectivity index (χ3v) is 4.60. The predicted molar refractivity (Wildman–Crippen MR) is 77.2 cm³/mol. The van der Waals surface area contributed by atoms with Crippen LogP contribution < -0.4 is 0 Å². The summed E-state index contributed by atoms with van der Waals surface area (Å²) in [5.41, 5.74) is 0. The van der Waals surface area contributed by atoms with Gasteiger partial charge in [0.25, 0.3) is 0 Å². The van der Waals surface area contributed by atoms with E-state index in [1.54, 1.807) is 0 Å². The molecular formula is C16H34N+. The van der Waals surface area contributed by atoms with Gasteiger partial charge >= 0.3 is 0 Å². The number of likely N-dealkylation sites (tertiary alicyclic amines) is 1. The summed E-state index contributed by atoms with van der Waals surface area (Å²) in [5.74, 6) is 0.897. The van der Waals surface area contributed by atoms with Crippen molar-refractivity contribution < 1.29 is 4.48 Å². The van der Waals surface area contributed by atoms with Crippen molar-refractivity contribution in [3.8, 4) is 0 Å². The monoisotopic (exact) mass is 240 g/mol. The third-order valence-electron chi connectivity index (χ3n) is 4.60. The summed E-state index contributed by atoms with van der Waals surface area (Å²) < 4.78 is 1.44. The summed E-state index contributed by atoms with van der Waals surface area (Å²) in [5, 5.41) is 0. The molecule has 0 aromatic carbocycles. The highest BCUT2D eigenvalue weighted by Crippen LogP contribution is 2.20. The van der Waals surface area contributed by atoms with E-state index in [-0.39, 0.29) is 0 Å². The molecule has 1 aliphatic rings. The lowest BCUT2D eigenvalue weighted by Crippen LogP contribution is -2.45. The second kappa shape index (κ2) is 8.13. The molecular weight excluding hydrogens is 206 g/mol. The molecule has 1 nitrogen and oxygen atoms in total. The molecule has 0 bridgehead atoms. The van der Waals surface area contributed by atoms with E-state index >= 15 is 0 Å². The maximum Gasteiger partial charge on any atom is 0.0788 e. The largest absolute Gasteiger partial charge is 0.324 e. The van der Waals surface area contributed by atoms with Crippen LogP contribution in [0.5, 0.6) is 0 Å². The molecule has 0 unspecified atom stereocenters. The molecule has 0 radical (unpaired) electrons. The Balaban J connectivity index is 1.96. The topological polar surface area (TPSA) is 0 Å². The summed E-state index contributed by atoms with van der Waals surface area (Å²) in [6.45, 7) is 12.8. The van der Waals surface area contributed by atoms with Crippen molar-refractivity contribution in [3.63, 3.8) is 0 Å². The number of nitrogens with zero attached hydrogens (tertiary/aromatic N) is 1. The maximum absolute atomic E-state index is 2.38. The Morgan fingerprint density at radius 2 is 1.47 bits per heavy atom. The van der Waals surface area contributed by atoms with Crippen LogP contribution in [0.2, 0.25) is 0 Å². The highest BCUT2D eigenvalue weighted by molar-refractivity contribution is 4.55. The van der Waals surface area contributed by atoms with Crippen molar-refractivity contribution in [2.75, 3.05) is 26.2 Å². The van der Waals surface area contributed by atoms with Crippen LogP contribution in [0.1, 0.15) is 72.1 Å². The fraction of sp³-hybridized carbons (Fsp3) is 1.00. The molecule has 0 atom stereocenters. The van der Waals surface area contributed by atoms with Gasteiger partial charge in [0.2, 0.25) is 0 Å². The van der Waals surface area contributed by atoms with Gasteiger partial charge in [-0.15, -0.1) is 0 Å². The lowest BCUT2D eigenvalue weighted by atomic mass is 10.0. The lowest BCUT2D eigenvalue weighted by Gasteiger charge is -2.33. The zero-order valence-corrected chi connectivity index (χ0v) is 12.5. The average molecular weight is 240 g/mol. The second-order valence-corrected chi connectivity index (χ2v) is 6.49. The Morgan fingerprint density at radius 3 is 2.06 bits per heavy atom. The molecule has 1 fully saturated rings. The smallest absolute Gasteiger partial charge is 0.0788 e. The molecule has 102 valence electrons. The van der Waals surface area contributed by atoms with Crippen molar-refractivity contribution in [2.24, 2.45) is 5.92 Å². The first kappa shape index (κ1) is 15.0. The van der Waals surface area contributed by atoms with Gasteiger partial charge in [0.1, 0.15) is 0 Å². The SMILES string of the molecule is CC[N+]1(CCCCCCCC(C)C)CCCC1. The van der Waals surface area contributed by atoms with E-state index in [2.05, 4.69) is 20.8 Å². The molecule has 0 N–H and O–H groups in total. The minimum Gasteiger partial charge on any atom is -0.324 e. The van der Waals surface area contributed by atoms with E-state index in [4.69, 9.17) is 0 Å². The Kier molecular flexibility index (Phi) is 7.18. The van der Waals surface area contributed by atoms with E-state index in [9.17, 15) is 0 Å². The van der Waals surface area contributed by atoms with E-state index in [0.29, 0.717) is 0 Å². The second-order valence-electron chi connectivity index (χ2n) is 6.49. The van der Waals surface area contributed by atoms with Crippen molar-refractivity contribution in [3.05, 3.63) is 0 Å². The Hall–Kier alpha value is -0.0400. The molecule has 1 heterocycles. The van der Waals surface area contributed by atoms with Crippen LogP contribution in [0.15, 0.2) is 0 Å². The summed E-state index contributed by atoms with van der Waals surface area (Å²) in [4.78, 5) is 0. The van der Waals surface area contributed by atoms with Gasteiger partial charge in [0.15, 0.2) is 0 Å². The molecule has 0 aromatic heterocycles. The summed E-state index contributed by atoms with van der Waals surface area (Å²) in [6, 6.07) is 0. The van der Waals surface area contributed by atoms with Crippen LogP contribution in [-0.2, 0) is 0 Å². The number of quaternary nitrogens is 1. The minimum absolute atomic E-state index is 0.897. The van der Waals surface area contributed by atoms with Crippen LogP contribution in [0.3, 0.4) is 0 Å². The maximum atomic E-state index is 2.38. The number of unbranched alkanes of at least 4 members (excludes halogenated alkanes) is 4. The van der Waals surface area contributed by atoms with E-state index in [1.165, 1.54) is 82.0 Å². The fourth-order valence-corrected chi connectivity index (χ4v) is 3.23. The van der Waals surface area contributed by atoms with Crippen molar-refractivity contribution in [2.45, 2.75) is 72.1 Å². The van der Waals surface area contributed by atoms with Gasteiger partial charge in [-0.2, -0.15) is 0 Å². The molecule has 0 aliphatic carbocycles. The highest BCUT2D eigenvalue weighted by Gasteiger charge is 2.28. The van der Waals surface area contributed by atoms with E-state index in [0.717, 1.165) is 5.92 Å². The number of hydrogen-bond donors (Lipinski definition) is 0. The van der Waals surface area contributed by atoms with Gasteiger partial charge < -0.3 is 4.48 Å². The number of hydrogen-bond acceptors (Lipinski definition) is 0. The predicted octanol–water partition coefficient (Wildman–Crippen LogP) is 4.61. The zero-order chi connectivity index (χ0) is 12.6. The van der Waals surface area contributed by atoms with Gasteiger partial charge in [0, 0.05) is 12.8 Å². The van der Waals surface area contributed by atoms with Crippen molar-refractivity contribution >= 4 is 0 Å². The first-order chi connectivity index (χ1) is 8.18. The fourth-order valence-electron chi connectivity index (χ4n) is 3.23. The van der Waals surface area contributed by atoms with Gasteiger partial charge in [-0.3, -0.25) is 0 Å². The first-order valence-electron chi connectivity index (χ1n) is 8.03. The van der Waals surface area contributed by atoms with E-state index in [1.807, 2.05) is 0 Å². The summed E-state index contributed by atoms with van der Waals surface area (Å²) in [7, 11) is 0. The van der Waals surface area contributed by atoms with Crippen molar-refractivity contribution in [1.29, 1.82) is 0 Å². The molecule has 17 heavy (non-hydrogen) atoms. The molecule has 0 saturated carbocycles. The summed E-state index contributed by atoms with van der Waals surface area (Å²) >= 11 is 0. The Labute approximate surface area is 109 Å². The lowest BCUT2D eigenvalue weighted by molar-refractivity contribution is -0.915. The van der Waals surface area contributed by atoms with E-state index < -0.39 is 0 Å².